The van der Waals surface area contributed by atoms with Gasteiger partial charge in [-0.05, 0) is 29.8 Å². The van der Waals surface area contributed by atoms with Gasteiger partial charge in [-0.25, -0.2) is 0 Å². The number of hydrogen-bond acceptors (Lipinski definition) is 2. The van der Waals surface area contributed by atoms with Crippen molar-refractivity contribution in [3.8, 4) is 16.9 Å². The van der Waals surface area contributed by atoms with Crippen LogP contribution in [0.1, 0.15) is 0 Å². The summed E-state index contributed by atoms with van der Waals surface area (Å²) in [4.78, 5) is 15.0. The maximum Gasteiger partial charge on any atom is 0.256 e. The predicted octanol–water partition coefficient (Wildman–Crippen LogP) is 3.00. The summed E-state index contributed by atoms with van der Waals surface area (Å²) in [5.41, 5.74) is 2.17. The van der Waals surface area contributed by atoms with Gasteiger partial charge in [0.1, 0.15) is 5.75 Å². The summed E-state index contributed by atoms with van der Waals surface area (Å²) < 4.78 is 5.33. The molecule has 0 aliphatic carbocycles. The van der Waals surface area contributed by atoms with E-state index in [4.69, 9.17) is 4.74 Å². The molecule has 3 nitrogen and oxygen atoms in total. The first-order valence-electron chi connectivity index (χ1n) is 5.96. The molecular formula is C16H12NO2. The molecule has 0 aliphatic heterocycles. The van der Waals surface area contributed by atoms with Crippen molar-refractivity contribution in [3.05, 3.63) is 65.0 Å². The minimum Gasteiger partial charge on any atom is -0.496 e. The lowest BCUT2D eigenvalue weighted by atomic mass is 10.0. The Labute approximate surface area is 110 Å². The number of rotatable bonds is 2. The van der Waals surface area contributed by atoms with Crippen molar-refractivity contribution in [2.75, 3.05) is 7.11 Å². The number of pyridine rings is 1. The molecule has 1 N–H and O–H groups in total. The number of fused-ring (bicyclic) bond motifs is 1. The number of aromatic nitrogens is 1. The van der Waals surface area contributed by atoms with Gasteiger partial charge >= 0.3 is 0 Å². The van der Waals surface area contributed by atoms with Crippen LogP contribution in [0.5, 0.6) is 5.75 Å². The highest BCUT2D eigenvalue weighted by atomic mass is 16.5. The van der Waals surface area contributed by atoms with Gasteiger partial charge in [-0.3, -0.25) is 4.79 Å². The third-order valence-corrected chi connectivity index (χ3v) is 3.10. The summed E-state index contributed by atoms with van der Waals surface area (Å²) in [6, 6.07) is 17.7. The molecule has 19 heavy (non-hydrogen) atoms. The summed E-state index contributed by atoms with van der Waals surface area (Å²) in [7, 11) is 1.62. The zero-order valence-corrected chi connectivity index (χ0v) is 10.4. The Morgan fingerprint density at radius 3 is 2.68 bits per heavy atom. The third-order valence-electron chi connectivity index (χ3n) is 3.10. The van der Waals surface area contributed by atoms with Gasteiger partial charge in [-0.2, -0.15) is 0 Å². The van der Waals surface area contributed by atoms with Crippen LogP contribution >= 0.6 is 0 Å². The molecule has 0 atom stereocenters. The maximum atomic E-state index is 12.1. The lowest BCUT2D eigenvalue weighted by molar-refractivity contribution is 0.420. The monoisotopic (exact) mass is 250 g/mol. The van der Waals surface area contributed by atoms with E-state index in [9.17, 15) is 4.79 Å². The number of hydrogen-bond donors (Lipinski definition) is 1. The van der Waals surface area contributed by atoms with Crippen molar-refractivity contribution >= 4 is 10.9 Å². The fourth-order valence-electron chi connectivity index (χ4n) is 2.16. The van der Waals surface area contributed by atoms with Crippen LogP contribution in [-0.4, -0.2) is 12.1 Å². The normalized spacial score (nSPS) is 10.6. The van der Waals surface area contributed by atoms with E-state index in [0.29, 0.717) is 5.56 Å². The fourth-order valence-corrected chi connectivity index (χ4v) is 2.16. The van der Waals surface area contributed by atoms with Crippen molar-refractivity contribution < 1.29 is 4.74 Å². The molecule has 0 saturated carbocycles. The topological polar surface area (TPSA) is 42.1 Å². The van der Waals surface area contributed by atoms with Crippen molar-refractivity contribution in [1.29, 1.82) is 0 Å². The van der Waals surface area contributed by atoms with E-state index in [1.807, 2.05) is 36.4 Å². The smallest absolute Gasteiger partial charge is 0.256 e. The van der Waals surface area contributed by atoms with Crippen LogP contribution in [0.2, 0.25) is 0 Å². The Balaban J connectivity index is 2.32. The van der Waals surface area contributed by atoms with Crippen LogP contribution in [0.15, 0.2) is 53.3 Å². The molecule has 2 aromatic carbocycles. The van der Waals surface area contributed by atoms with Gasteiger partial charge in [0.25, 0.3) is 5.56 Å². The van der Waals surface area contributed by atoms with Crippen LogP contribution in [0.25, 0.3) is 22.0 Å². The molecule has 0 fully saturated rings. The predicted molar refractivity (Wildman–Crippen MR) is 75.4 cm³/mol. The van der Waals surface area contributed by atoms with Crippen molar-refractivity contribution in [2.24, 2.45) is 0 Å². The van der Waals surface area contributed by atoms with Gasteiger partial charge in [0, 0.05) is 10.9 Å². The number of aromatic amines is 1. The minimum atomic E-state index is -0.105. The number of H-pyrrole nitrogens is 1. The first-order valence-corrected chi connectivity index (χ1v) is 5.96. The molecule has 0 unspecified atom stereocenters. The molecule has 3 aromatic rings. The zero-order chi connectivity index (χ0) is 13.2. The van der Waals surface area contributed by atoms with E-state index in [0.717, 1.165) is 22.2 Å². The van der Waals surface area contributed by atoms with Crippen molar-refractivity contribution in [1.82, 2.24) is 4.98 Å². The summed E-state index contributed by atoms with van der Waals surface area (Å²) in [6.07, 6.45) is 0. The molecule has 3 heteroatoms. The SMILES string of the molecule is COc1cccc2[nH]c(=O)c(-c3cc[c]cc3)cc12. The average molecular weight is 250 g/mol. The standard InChI is InChI=1S/C16H12NO2/c1-19-15-9-5-8-14-13(15)10-12(16(18)17-14)11-6-3-2-4-7-11/h3-10H,1H3,(H,17,18). The Morgan fingerprint density at radius 2 is 1.95 bits per heavy atom. The first kappa shape index (κ1) is 11.5. The Kier molecular flexibility index (Phi) is 2.80. The molecule has 0 saturated heterocycles. The van der Waals surface area contributed by atoms with Crippen LogP contribution < -0.4 is 10.3 Å². The molecule has 0 aliphatic rings. The Bertz CT molecular complexity index is 776. The van der Waals surface area contributed by atoms with Gasteiger partial charge in [-0.1, -0.05) is 30.3 Å². The maximum absolute atomic E-state index is 12.1. The molecular weight excluding hydrogens is 238 g/mol. The van der Waals surface area contributed by atoms with Crippen LogP contribution in [0.3, 0.4) is 0 Å². The largest absolute Gasteiger partial charge is 0.496 e. The van der Waals surface area contributed by atoms with Crippen LogP contribution in [0, 0.1) is 6.07 Å². The summed E-state index contributed by atoms with van der Waals surface area (Å²) in [5.74, 6) is 0.748. The highest BCUT2D eigenvalue weighted by Crippen LogP contribution is 2.26. The van der Waals surface area contributed by atoms with E-state index in [-0.39, 0.29) is 5.56 Å². The minimum absolute atomic E-state index is 0.105. The van der Waals surface area contributed by atoms with Gasteiger partial charge in [0.05, 0.1) is 12.6 Å². The molecule has 0 amide bonds. The van der Waals surface area contributed by atoms with Gasteiger partial charge < -0.3 is 9.72 Å². The number of benzene rings is 2. The Morgan fingerprint density at radius 1 is 1.16 bits per heavy atom. The molecule has 93 valence electrons. The van der Waals surface area contributed by atoms with Crippen LogP contribution in [-0.2, 0) is 0 Å². The first-order chi connectivity index (χ1) is 9.29. The summed E-state index contributed by atoms with van der Waals surface area (Å²) >= 11 is 0. The van der Waals surface area contributed by atoms with E-state index in [2.05, 4.69) is 11.1 Å². The van der Waals surface area contributed by atoms with Gasteiger partial charge in [-0.15, -0.1) is 0 Å². The highest BCUT2D eigenvalue weighted by molar-refractivity contribution is 5.88. The second-order valence-corrected chi connectivity index (χ2v) is 4.22. The molecule has 0 spiro atoms. The lowest BCUT2D eigenvalue weighted by Crippen LogP contribution is -2.08. The number of methoxy groups -OCH3 is 1. The van der Waals surface area contributed by atoms with E-state index in [1.165, 1.54) is 0 Å². The van der Waals surface area contributed by atoms with E-state index >= 15 is 0 Å². The molecule has 1 heterocycles. The fraction of sp³-hybridized carbons (Fsp3) is 0.0625. The molecule has 1 aromatic heterocycles. The van der Waals surface area contributed by atoms with Gasteiger partial charge in [0.15, 0.2) is 0 Å². The second-order valence-electron chi connectivity index (χ2n) is 4.22. The highest BCUT2D eigenvalue weighted by Gasteiger charge is 2.08. The average Bonchev–Trinajstić information content (AvgIpc) is 2.46. The molecule has 0 bridgehead atoms. The molecule has 1 radical (unpaired) electrons. The van der Waals surface area contributed by atoms with Gasteiger partial charge in [0.2, 0.25) is 0 Å². The lowest BCUT2D eigenvalue weighted by Gasteiger charge is -2.07. The van der Waals surface area contributed by atoms with E-state index < -0.39 is 0 Å². The number of ether oxygens (including phenoxy) is 1. The summed E-state index contributed by atoms with van der Waals surface area (Å²) in [5, 5.41) is 0.896. The zero-order valence-electron chi connectivity index (χ0n) is 10.4. The third kappa shape index (κ3) is 1.99. The second kappa shape index (κ2) is 4.61. The summed E-state index contributed by atoms with van der Waals surface area (Å²) in [6.45, 7) is 0. The number of nitrogens with one attached hydrogen (secondary N) is 1. The Hall–Kier alpha value is -2.55. The van der Waals surface area contributed by atoms with E-state index in [1.54, 1.807) is 19.2 Å². The van der Waals surface area contributed by atoms with Crippen molar-refractivity contribution in [2.45, 2.75) is 0 Å². The quantitative estimate of drug-likeness (QED) is 0.759. The van der Waals surface area contributed by atoms with Crippen molar-refractivity contribution in [3.63, 3.8) is 0 Å². The van der Waals surface area contributed by atoms with Crippen LogP contribution in [0.4, 0.5) is 0 Å². The molecule has 3 rings (SSSR count).